The average Bonchev–Trinajstić information content (AvgIpc) is 3.25. The number of benzene rings is 1. The summed E-state index contributed by atoms with van der Waals surface area (Å²) in [7, 11) is 0. The summed E-state index contributed by atoms with van der Waals surface area (Å²) < 4.78 is 0.818. The molecule has 2 fully saturated rings. The van der Waals surface area contributed by atoms with Gasteiger partial charge in [-0.3, -0.25) is 9.59 Å². The Morgan fingerprint density at radius 3 is 2.71 bits per heavy atom. The molecule has 2 amide bonds. The van der Waals surface area contributed by atoms with Gasteiger partial charge in [0.15, 0.2) is 0 Å². The lowest BCUT2D eigenvalue weighted by Crippen LogP contribution is -2.65. The van der Waals surface area contributed by atoms with Gasteiger partial charge in [-0.15, -0.1) is 0 Å². The maximum Gasteiger partial charge on any atom is 0.251 e. The summed E-state index contributed by atoms with van der Waals surface area (Å²) >= 11 is 3.30. The van der Waals surface area contributed by atoms with Gasteiger partial charge >= 0.3 is 0 Å². The summed E-state index contributed by atoms with van der Waals surface area (Å²) in [5, 5.41) is 12.8. The van der Waals surface area contributed by atoms with E-state index in [4.69, 9.17) is 0 Å². The van der Waals surface area contributed by atoms with Gasteiger partial charge in [0.2, 0.25) is 5.91 Å². The fraction of sp³-hybridized carbons (Fsp3) is 0.467. The third-order valence-corrected chi connectivity index (χ3v) is 4.60. The number of aliphatic hydroxyl groups is 1. The summed E-state index contributed by atoms with van der Waals surface area (Å²) in [5.74, 6) is -0.0656. The van der Waals surface area contributed by atoms with Crippen LogP contribution < -0.4 is 5.32 Å². The summed E-state index contributed by atoms with van der Waals surface area (Å²) in [6.45, 7) is 0.749. The first-order chi connectivity index (χ1) is 9.98. The van der Waals surface area contributed by atoms with Crippen molar-refractivity contribution in [1.82, 2.24) is 10.2 Å². The number of nitrogens with zero attached hydrogens (tertiary/aromatic N) is 1. The van der Waals surface area contributed by atoms with Gasteiger partial charge in [0.1, 0.15) is 5.60 Å². The Hall–Kier alpha value is -1.40. The number of amides is 2. The van der Waals surface area contributed by atoms with E-state index in [2.05, 4.69) is 21.2 Å². The van der Waals surface area contributed by atoms with E-state index < -0.39 is 5.60 Å². The highest BCUT2D eigenvalue weighted by atomic mass is 79.9. The molecule has 1 saturated heterocycles. The fourth-order valence-electron chi connectivity index (χ4n) is 2.67. The zero-order chi connectivity index (χ0) is 15.0. The molecule has 2 N–H and O–H groups in total. The van der Waals surface area contributed by atoms with Crippen molar-refractivity contribution >= 4 is 27.7 Å². The molecule has 0 bridgehead atoms. The number of β-amino-alcohol motifs (C(OH)–C–C–N with tert-alkyl or cyclic N) is 1. The highest BCUT2D eigenvalue weighted by molar-refractivity contribution is 9.10. The molecule has 21 heavy (non-hydrogen) atoms. The third-order valence-electron chi connectivity index (χ3n) is 4.11. The second-order valence-corrected chi connectivity index (χ2v) is 6.74. The topological polar surface area (TPSA) is 69.6 Å². The zero-order valence-corrected chi connectivity index (χ0v) is 13.1. The molecule has 1 aromatic rings. The van der Waals surface area contributed by atoms with Gasteiger partial charge in [-0.2, -0.15) is 0 Å². The van der Waals surface area contributed by atoms with E-state index >= 15 is 0 Å². The summed E-state index contributed by atoms with van der Waals surface area (Å²) in [5.41, 5.74) is -0.167. The Balaban J connectivity index is 1.47. The average molecular weight is 353 g/mol. The van der Waals surface area contributed by atoms with Crippen molar-refractivity contribution < 1.29 is 14.7 Å². The minimum absolute atomic E-state index is 0.0356. The molecule has 1 heterocycles. The molecule has 1 aromatic carbocycles. The Morgan fingerprint density at radius 1 is 1.38 bits per heavy atom. The Morgan fingerprint density at radius 2 is 2.10 bits per heavy atom. The van der Waals surface area contributed by atoms with E-state index in [0.717, 1.165) is 17.3 Å². The molecule has 112 valence electrons. The molecule has 6 heteroatoms. The van der Waals surface area contributed by atoms with Gasteiger partial charge in [-0.25, -0.2) is 0 Å². The first kappa shape index (κ1) is 14.5. The number of carbonyl (C=O) groups excluding carboxylic acids is 2. The van der Waals surface area contributed by atoms with E-state index in [1.54, 1.807) is 23.1 Å². The summed E-state index contributed by atoms with van der Waals surface area (Å²) in [6, 6.07) is 7.00. The number of nitrogens with one attached hydrogen (secondary N) is 1. The first-order valence-corrected chi connectivity index (χ1v) is 7.81. The Labute approximate surface area is 131 Å². The third kappa shape index (κ3) is 3.11. The molecule has 1 saturated carbocycles. The Kier molecular flexibility index (Phi) is 3.75. The van der Waals surface area contributed by atoms with Crippen LogP contribution in [0.3, 0.4) is 0 Å². The Bertz CT molecular complexity index is 580. The van der Waals surface area contributed by atoms with E-state index in [0.29, 0.717) is 24.6 Å². The van der Waals surface area contributed by atoms with Crippen molar-refractivity contribution in [2.45, 2.75) is 18.4 Å². The lowest BCUT2D eigenvalue weighted by atomic mass is 9.89. The van der Waals surface area contributed by atoms with Crippen LogP contribution in [0, 0.1) is 5.92 Å². The van der Waals surface area contributed by atoms with Crippen molar-refractivity contribution in [2.75, 3.05) is 19.6 Å². The maximum absolute atomic E-state index is 11.9. The smallest absolute Gasteiger partial charge is 0.251 e. The van der Waals surface area contributed by atoms with Crippen LogP contribution >= 0.6 is 15.9 Å². The van der Waals surface area contributed by atoms with Crippen LogP contribution in [0.5, 0.6) is 0 Å². The molecule has 0 atom stereocenters. The predicted octanol–water partition coefficient (Wildman–Crippen LogP) is 1.16. The minimum atomic E-state index is -0.677. The second kappa shape index (κ2) is 5.42. The van der Waals surface area contributed by atoms with Crippen molar-refractivity contribution in [3.63, 3.8) is 0 Å². The number of rotatable bonds is 4. The first-order valence-electron chi connectivity index (χ1n) is 7.02. The number of carbonyl (C=O) groups is 2. The quantitative estimate of drug-likeness (QED) is 0.854. The van der Waals surface area contributed by atoms with E-state index in [1.165, 1.54) is 0 Å². The number of halogens is 1. The van der Waals surface area contributed by atoms with Crippen molar-refractivity contribution in [3.05, 3.63) is 34.3 Å². The standard InChI is InChI=1S/C15H17BrN2O3/c16-12-3-1-2-10(6-12)14(20)17-7-13(19)18-8-15(21,9-18)11-4-5-11/h1-3,6,11,21H,4-5,7-9H2,(H,17,20). The molecule has 1 aliphatic carbocycles. The number of hydrogen-bond acceptors (Lipinski definition) is 3. The van der Waals surface area contributed by atoms with E-state index in [9.17, 15) is 14.7 Å². The van der Waals surface area contributed by atoms with Crippen molar-refractivity contribution in [1.29, 1.82) is 0 Å². The molecular weight excluding hydrogens is 336 g/mol. The second-order valence-electron chi connectivity index (χ2n) is 5.82. The molecular formula is C15H17BrN2O3. The van der Waals surface area contributed by atoms with Crippen LogP contribution in [0.1, 0.15) is 23.2 Å². The SMILES string of the molecule is O=C(NCC(=O)N1CC(O)(C2CC2)C1)c1cccc(Br)c1. The van der Waals surface area contributed by atoms with Crippen LogP contribution in [0.2, 0.25) is 0 Å². The van der Waals surface area contributed by atoms with E-state index in [-0.39, 0.29) is 18.4 Å². The van der Waals surface area contributed by atoms with Gasteiger partial charge in [0, 0.05) is 10.0 Å². The molecule has 2 aliphatic rings. The molecule has 0 radical (unpaired) electrons. The summed E-state index contributed by atoms with van der Waals surface area (Å²) in [4.78, 5) is 25.5. The van der Waals surface area contributed by atoms with Gasteiger partial charge < -0.3 is 15.3 Å². The maximum atomic E-state index is 11.9. The fourth-order valence-corrected chi connectivity index (χ4v) is 3.07. The molecule has 3 rings (SSSR count). The van der Waals surface area contributed by atoms with Gasteiger partial charge in [0.25, 0.3) is 5.91 Å². The van der Waals surface area contributed by atoms with Gasteiger partial charge in [-0.05, 0) is 37.0 Å². The van der Waals surface area contributed by atoms with Crippen LogP contribution in [-0.4, -0.2) is 47.1 Å². The van der Waals surface area contributed by atoms with Crippen LogP contribution in [0.4, 0.5) is 0 Å². The van der Waals surface area contributed by atoms with Crippen LogP contribution in [-0.2, 0) is 4.79 Å². The minimum Gasteiger partial charge on any atom is -0.386 e. The predicted molar refractivity (Wildman–Crippen MR) is 80.7 cm³/mol. The number of hydrogen-bond donors (Lipinski definition) is 2. The normalized spacial score (nSPS) is 19.8. The zero-order valence-electron chi connectivity index (χ0n) is 11.5. The lowest BCUT2D eigenvalue weighted by molar-refractivity contribution is -0.158. The van der Waals surface area contributed by atoms with E-state index in [1.807, 2.05) is 6.07 Å². The van der Waals surface area contributed by atoms with Crippen molar-refractivity contribution in [3.8, 4) is 0 Å². The summed E-state index contributed by atoms with van der Waals surface area (Å²) in [6.07, 6.45) is 2.11. The molecule has 0 aromatic heterocycles. The van der Waals surface area contributed by atoms with Gasteiger partial charge in [0.05, 0.1) is 19.6 Å². The molecule has 0 spiro atoms. The van der Waals surface area contributed by atoms with Crippen LogP contribution in [0.15, 0.2) is 28.7 Å². The monoisotopic (exact) mass is 352 g/mol. The highest BCUT2D eigenvalue weighted by Crippen LogP contribution is 2.44. The molecule has 0 unspecified atom stereocenters. The number of likely N-dealkylation sites (tertiary alicyclic amines) is 1. The van der Waals surface area contributed by atoms with Crippen LogP contribution in [0.25, 0.3) is 0 Å². The highest BCUT2D eigenvalue weighted by Gasteiger charge is 2.53. The molecule has 1 aliphatic heterocycles. The lowest BCUT2D eigenvalue weighted by Gasteiger charge is -2.47. The molecule has 5 nitrogen and oxygen atoms in total. The van der Waals surface area contributed by atoms with Gasteiger partial charge in [-0.1, -0.05) is 22.0 Å². The van der Waals surface area contributed by atoms with Crippen molar-refractivity contribution in [2.24, 2.45) is 5.92 Å². The largest absolute Gasteiger partial charge is 0.386 e.